The van der Waals surface area contributed by atoms with Crippen LogP contribution in [0.4, 0.5) is 0 Å². The first-order valence-electron chi connectivity index (χ1n) is 8.89. The highest BCUT2D eigenvalue weighted by Gasteiger charge is 2.28. The molecule has 3 aromatic rings. The van der Waals surface area contributed by atoms with Gasteiger partial charge >= 0.3 is 0 Å². The van der Waals surface area contributed by atoms with Crippen LogP contribution in [-0.4, -0.2) is 34.1 Å². The molecule has 1 amide bonds. The predicted octanol–water partition coefficient (Wildman–Crippen LogP) is 4.06. The van der Waals surface area contributed by atoms with Crippen LogP contribution in [0.15, 0.2) is 46.2 Å². The number of hydrogen-bond donors (Lipinski definition) is 0. The normalized spacial score (nSPS) is 17.4. The number of thiophene rings is 1. The summed E-state index contributed by atoms with van der Waals surface area (Å²) in [5.41, 5.74) is 2.24. The second kappa shape index (κ2) is 7.41. The van der Waals surface area contributed by atoms with E-state index in [0.717, 1.165) is 29.8 Å². The number of aryl methyl sites for hydroxylation is 1. The first kappa shape index (κ1) is 17.0. The van der Waals surface area contributed by atoms with Crippen molar-refractivity contribution in [3.8, 4) is 10.8 Å². The van der Waals surface area contributed by atoms with E-state index in [1.807, 2.05) is 47.5 Å². The van der Waals surface area contributed by atoms with Gasteiger partial charge in [-0.25, -0.2) is 0 Å². The fourth-order valence-electron chi connectivity index (χ4n) is 3.41. The van der Waals surface area contributed by atoms with Crippen molar-refractivity contribution in [1.29, 1.82) is 0 Å². The van der Waals surface area contributed by atoms with Gasteiger partial charge in [-0.15, -0.1) is 21.5 Å². The lowest BCUT2D eigenvalue weighted by Gasteiger charge is -2.31. The van der Waals surface area contributed by atoms with E-state index in [2.05, 4.69) is 16.3 Å². The summed E-state index contributed by atoms with van der Waals surface area (Å²) in [5.74, 6) is 1.49. The van der Waals surface area contributed by atoms with Gasteiger partial charge in [0.2, 0.25) is 11.8 Å². The minimum absolute atomic E-state index is 0.117. The highest BCUT2D eigenvalue weighted by Crippen LogP contribution is 2.30. The molecule has 1 aliphatic heterocycles. The molecule has 1 aliphatic rings. The molecule has 1 aromatic carbocycles. The molecule has 0 bridgehead atoms. The standard InChI is InChI=1S/C20H21N3O2S/c1-14-5-2-6-15(11-14)12-18(24)23-9-3-7-16(13-23)19-21-22-20(25-19)17-8-4-10-26-17/h2,4-6,8,10-11,16H,3,7,9,12-13H2,1H3. The van der Waals surface area contributed by atoms with Crippen LogP contribution >= 0.6 is 11.3 Å². The van der Waals surface area contributed by atoms with Crippen molar-refractivity contribution in [2.45, 2.75) is 32.1 Å². The lowest BCUT2D eigenvalue weighted by molar-refractivity contribution is -0.131. The molecular weight excluding hydrogens is 346 g/mol. The molecule has 0 saturated carbocycles. The Bertz CT molecular complexity index is 888. The summed E-state index contributed by atoms with van der Waals surface area (Å²) in [7, 11) is 0. The molecule has 0 aliphatic carbocycles. The molecule has 4 rings (SSSR count). The van der Waals surface area contributed by atoms with Gasteiger partial charge in [0.25, 0.3) is 5.89 Å². The van der Waals surface area contributed by atoms with E-state index in [1.54, 1.807) is 11.3 Å². The van der Waals surface area contributed by atoms with Crippen LogP contribution in [0.25, 0.3) is 10.8 Å². The SMILES string of the molecule is Cc1cccc(CC(=O)N2CCCC(c3nnc(-c4cccs4)o3)C2)c1. The van der Waals surface area contributed by atoms with Crippen LogP contribution in [-0.2, 0) is 11.2 Å². The van der Waals surface area contributed by atoms with Crippen LogP contribution in [0.2, 0.25) is 0 Å². The Morgan fingerprint density at radius 2 is 2.23 bits per heavy atom. The number of likely N-dealkylation sites (tertiary alicyclic amines) is 1. The summed E-state index contributed by atoms with van der Waals surface area (Å²) >= 11 is 1.58. The maximum absolute atomic E-state index is 12.7. The van der Waals surface area contributed by atoms with Crippen LogP contribution in [0.5, 0.6) is 0 Å². The minimum atomic E-state index is 0.117. The monoisotopic (exact) mass is 367 g/mol. The smallest absolute Gasteiger partial charge is 0.257 e. The summed E-state index contributed by atoms with van der Waals surface area (Å²) < 4.78 is 5.88. The van der Waals surface area contributed by atoms with Crippen molar-refractivity contribution in [3.05, 3.63) is 58.8 Å². The van der Waals surface area contributed by atoms with Gasteiger partial charge in [0.15, 0.2) is 0 Å². The van der Waals surface area contributed by atoms with Gasteiger partial charge < -0.3 is 9.32 Å². The molecule has 0 N–H and O–H groups in total. The van der Waals surface area contributed by atoms with Crippen molar-refractivity contribution in [1.82, 2.24) is 15.1 Å². The molecule has 1 fully saturated rings. The topological polar surface area (TPSA) is 59.2 Å². The molecule has 6 heteroatoms. The third-order valence-electron chi connectivity index (χ3n) is 4.73. The predicted molar refractivity (Wildman–Crippen MR) is 101 cm³/mol. The number of hydrogen-bond acceptors (Lipinski definition) is 5. The van der Waals surface area contributed by atoms with E-state index in [9.17, 15) is 4.79 Å². The fourth-order valence-corrected chi connectivity index (χ4v) is 4.06. The summed E-state index contributed by atoms with van der Waals surface area (Å²) in [6.07, 6.45) is 2.37. The van der Waals surface area contributed by atoms with Crippen LogP contribution < -0.4 is 0 Å². The quantitative estimate of drug-likeness (QED) is 0.698. The molecule has 1 atom stereocenters. The van der Waals surface area contributed by atoms with Gasteiger partial charge in [0.1, 0.15) is 0 Å². The second-order valence-corrected chi connectivity index (χ2v) is 7.72. The first-order chi connectivity index (χ1) is 12.7. The zero-order chi connectivity index (χ0) is 17.9. The maximum atomic E-state index is 12.7. The Balaban J connectivity index is 1.43. The van der Waals surface area contributed by atoms with Crippen LogP contribution in [0.3, 0.4) is 0 Å². The lowest BCUT2D eigenvalue weighted by atomic mass is 9.97. The number of benzene rings is 1. The van der Waals surface area contributed by atoms with Gasteiger partial charge in [0, 0.05) is 13.1 Å². The summed E-state index contributed by atoms with van der Waals surface area (Å²) in [6, 6.07) is 12.1. The molecule has 1 saturated heterocycles. The average Bonchev–Trinajstić information content (AvgIpc) is 3.33. The van der Waals surface area contributed by atoms with Gasteiger partial charge in [-0.3, -0.25) is 4.79 Å². The Morgan fingerprint density at radius 1 is 1.31 bits per heavy atom. The summed E-state index contributed by atoms with van der Waals surface area (Å²) in [4.78, 5) is 15.6. The first-order valence-corrected chi connectivity index (χ1v) is 9.77. The van der Waals surface area contributed by atoms with Crippen molar-refractivity contribution in [3.63, 3.8) is 0 Å². The molecule has 134 valence electrons. The molecule has 26 heavy (non-hydrogen) atoms. The summed E-state index contributed by atoms with van der Waals surface area (Å²) in [5, 5.41) is 10.4. The van der Waals surface area contributed by atoms with Crippen molar-refractivity contribution >= 4 is 17.2 Å². The summed E-state index contributed by atoms with van der Waals surface area (Å²) in [6.45, 7) is 3.50. The molecule has 0 spiro atoms. The average molecular weight is 367 g/mol. The zero-order valence-corrected chi connectivity index (χ0v) is 15.5. The van der Waals surface area contributed by atoms with E-state index in [0.29, 0.717) is 24.7 Å². The molecule has 0 radical (unpaired) electrons. The van der Waals surface area contributed by atoms with E-state index >= 15 is 0 Å². The van der Waals surface area contributed by atoms with Gasteiger partial charge in [0.05, 0.1) is 17.2 Å². The van der Waals surface area contributed by atoms with Gasteiger partial charge in [-0.05, 0) is 36.8 Å². The molecule has 5 nitrogen and oxygen atoms in total. The number of carbonyl (C=O) groups excluding carboxylic acids is 1. The van der Waals surface area contributed by atoms with Crippen molar-refractivity contribution in [2.75, 3.05) is 13.1 Å². The molecular formula is C20H21N3O2S. The Kier molecular flexibility index (Phi) is 4.84. The van der Waals surface area contributed by atoms with Crippen LogP contribution in [0.1, 0.15) is 35.8 Å². The zero-order valence-electron chi connectivity index (χ0n) is 14.7. The molecule has 2 aromatic heterocycles. The van der Waals surface area contributed by atoms with Gasteiger partial charge in [-0.2, -0.15) is 0 Å². The van der Waals surface area contributed by atoms with E-state index in [-0.39, 0.29) is 11.8 Å². The number of carbonyl (C=O) groups is 1. The third-order valence-corrected chi connectivity index (χ3v) is 5.59. The molecule has 3 heterocycles. The lowest BCUT2D eigenvalue weighted by Crippen LogP contribution is -2.40. The largest absolute Gasteiger partial charge is 0.420 e. The maximum Gasteiger partial charge on any atom is 0.257 e. The van der Waals surface area contributed by atoms with E-state index < -0.39 is 0 Å². The minimum Gasteiger partial charge on any atom is -0.420 e. The Morgan fingerprint density at radius 3 is 3.04 bits per heavy atom. The highest BCUT2D eigenvalue weighted by atomic mass is 32.1. The van der Waals surface area contributed by atoms with E-state index in [1.165, 1.54) is 5.56 Å². The van der Waals surface area contributed by atoms with Gasteiger partial charge in [-0.1, -0.05) is 35.9 Å². The van der Waals surface area contributed by atoms with Crippen molar-refractivity contribution in [2.24, 2.45) is 0 Å². The second-order valence-electron chi connectivity index (χ2n) is 6.77. The van der Waals surface area contributed by atoms with Crippen molar-refractivity contribution < 1.29 is 9.21 Å². The highest BCUT2D eigenvalue weighted by molar-refractivity contribution is 7.13. The third kappa shape index (κ3) is 3.70. The number of piperidine rings is 1. The Hall–Kier alpha value is -2.47. The number of nitrogens with zero attached hydrogens (tertiary/aromatic N) is 3. The molecule has 1 unspecified atom stereocenters. The Labute approximate surface area is 156 Å². The fraction of sp³-hybridized carbons (Fsp3) is 0.350. The van der Waals surface area contributed by atoms with Crippen LogP contribution in [0, 0.1) is 6.92 Å². The van der Waals surface area contributed by atoms with E-state index in [4.69, 9.17) is 4.42 Å². The number of aromatic nitrogens is 2. The number of rotatable bonds is 4. The number of amides is 1.